The molecular formula is C30H24N4O3. The van der Waals surface area contributed by atoms with E-state index in [2.05, 4.69) is 20.6 Å². The van der Waals surface area contributed by atoms with E-state index in [0.717, 1.165) is 11.1 Å². The fraction of sp³-hybridized carbons (Fsp3) is 0.0667. The van der Waals surface area contributed by atoms with Gasteiger partial charge in [-0.25, -0.2) is 9.97 Å². The van der Waals surface area contributed by atoms with Crippen molar-refractivity contribution in [3.8, 4) is 22.8 Å². The van der Waals surface area contributed by atoms with Crippen molar-refractivity contribution >= 4 is 23.3 Å². The van der Waals surface area contributed by atoms with Crippen molar-refractivity contribution in [3.63, 3.8) is 0 Å². The number of anilines is 2. The molecule has 5 rings (SSSR count). The molecule has 0 aliphatic carbocycles. The maximum atomic E-state index is 13.1. The number of aromatic nitrogens is 2. The summed E-state index contributed by atoms with van der Waals surface area (Å²) in [6, 6.07) is 31.7. The number of carbonyl (C=O) groups is 2. The monoisotopic (exact) mass is 488 g/mol. The van der Waals surface area contributed by atoms with Gasteiger partial charge in [0, 0.05) is 29.4 Å². The topological polar surface area (TPSA) is 97.1 Å². The second-order valence-electron chi connectivity index (χ2n) is 8.34. The van der Waals surface area contributed by atoms with Crippen LogP contribution in [0, 0.1) is 0 Å². The van der Waals surface area contributed by atoms with E-state index in [1.807, 2.05) is 60.7 Å². The minimum atomic E-state index is -0.432. The molecular weight excluding hydrogens is 464 g/mol. The molecule has 2 aromatic heterocycles. The lowest BCUT2D eigenvalue weighted by Crippen LogP contribution is -2.14. The van der Waals surface area contributed by atoms with Crippen LogP contribution in [0.1, 0.15) is 22.5 Å². The van der Waals surface area contributed by atoms with E-state index >= 15 is 0 Å². The Morgan fingerprint density at radius 1 is 0.730 bits per heavy atom. The molecule has 0 spiro atoms. The van der Waals surface area contributed by atoms with Gasteiger partial charge >= 0.3 is 0 Å². The molecule has 0 bridgehead atoms. The van der Waals surface area contributed by atoms with Gasteiger partial charge in [-0.05, 0) is 60.5 Å². The average molecular weight is 489 g/mol. The molecule has 0 atom stereocenters. The molecule has 2 amide bonds. The maximum Gasteiger partial charge on any atom is 0.279 e. The Bertz CT molecular complexity index is 1480. The SMILES string of the molecule is O=C(CCc1ccccc1)Nc1ccc(-c2oc(-c3ccccc3)nc2C(=O)Nc2ccccn2)cc1. The van der Waals surface area contributed by atoms with E-state index in [0.29, 0.717) is 41.6 Å². The fourth-order valence-electron chi connectivity index (χ4n) is 3.82. The van der Waals surface area contributed by atoms with Gasteiger partial charge in [-0.2, -0.15) is 0 Å². The van der Waals surface area contributed by atoms with E-state index in [1.54, 1.807) is 48.7 Å². The number of oxazole rings is 1. The van der Waals surface area contributed by atoms with Gasteiger partial charge in [0.15, 0.2) is 11.5 Å². The number of benzene rings is 3. The second-order valence-corrected chi connectivity index (χ2v) is 8.34. The van der Waals surface area contributed by atoms with Gasteiger partial charge in [-0.15, -0.1) is 0 Å². The van der Waals surface area contributed by atoms with Crippen LogP contribution < -0.4 is 10.6 Å². The minimum Gasteiger partial charge on any atom is -0.435 e. The summed E-state index contributed by atoms with van der Waals surface area (Å²) in [6.45, 7) is 0. The zero-order valence-corrected chi connectivity index (χ0v) is 19.9. The molecule has 0 aliphatic heterocycles. The first-order valence-electron chi connectivity index (χ1n) is 11.9. The minimum absolute atomic E-state index is 0.0712. The highest BCUT2D eigenvalue weighted by molar-refractivity contribution is 6.06. The molecule has 0 aliphatic rings. The number of nitrogens with one attached hydrogen (secondary N) is 2. The summed E-state index contributed by atoms with van der Waals surface area (Å²) in [5.41, 5.74) is 3.32. The van der Waals surface area contributed by atoms with Crippen LogP contribution in [0.15, 0.2) is 114 Å². The van der Waals surface area contributed by atoms with Crippen molar-refractivity contribution in [2.45, 2.75) is 12.8 Å². The highest BCUT2D eigenvalue weighted by atomic mass is 16.4. The standard InChI is InChI=1S/C30H24N4O3/c35-26(19-14-21-9-3-1-4-10-21)32-24-17-15-22(16-18-24)28-27(29(36)33-25-13-7-8-20-31-25)34-30(37-28)23-11-5-2-6-12-23/h1-13,15-18,20H,14,19H2,(H,32,35)(H,31,33,36). The van der Waals surface area contributed by atoms with E-state index in [9.17, 15) is 9.59 Å². The number of carbonyl (C=O) groups excluding carboxylic acids is 2. The first-order chi connectivity index (χ1) is 18.2. The van der Waals surface area contributed by atoms with Gasteiger partial charge in [-0.1, -0.05) is 54.6 Å². The number of hydrogen-bond acceptors (Lipinski definition) is 5. The molecule has 0 saturated heterocycles. The molecule has 0 fully saturated rings. The van der Waals surface area contributed by atoms with Crippen LogP contribution in [0.3, 0.4) is 0 Å². The number of hydrogen-bond donors (Lipinski definition) is 2. The molecule has 0 radical (unpaired) electrons. The van der Waals surface area contributed by atoms with Crippen LogP contribution in [0.25, 0.3) is 22.8 Å². The predicted octanol–water partition coefficient (Wildman–Crippen LogP) is 6.23. The Kier molecular flexibility index (Phi) is 7.13. The number of nitrogens with zero attached hydrogens (tertiary/aromatic N) is 2. The Morgan fingerprint density at radius 3 is 2.14 bits per heavy atom. The van der Waals surface area contributed by atoms with E-state index in [4.69, 9.17) is 4.42 Å². The van der Waals surface area contributed by atoms with Gasteiger partial charge in [0.25, 0.3) is 5.91 Å². The highest BCUT2D eigenvalue weighted by Crippen LogP contribution is 2.31. The largest absolute Gasteiger partial charge is 0.435 e. The van der Waals surface area contributed by atoms with E-state index < -0.39 is 5.91 Å². The summed E-state index contributed by atoms with van der Waals surface area (Å²) in [6.07, 6.45) is 2.65. The number of pyridine rings is 1. The van der Waals surface area contributed by atoms with Crippen molar-refractivity contribution in [1.29, 1.82) is 0 Å². The zero-order chi connectivity index (χ0) is 25.5. The van der Waals surface area contributed by atoms with Crippen LogP contribution in [-0.2, 0) is 11.2 Å². The Hall–Kier alpha value is -5.04. The van der Waals surface area contributed by atoms with Crippen molar-refractivity contribution in [3.05, 3.63) is 121 Å². The number of rotatable bonds is 8. The van der Waals surface area contributed by atoms with Crippen LogP contribution in [0.4, 0.5) is 11.5 Å². The number of amides is 2. The molecule has 37 heavy (non-hydrogen) atoms. The molecule has 5 aromatic rings. The molecule has 7 heteroatoms. The first-order valence-corrected chi connectivity index (χ1v) is 11.9. The van der Waals surface area contributed by atoms with Gasteiger partial charge in [0.2, 0.25) is 11.8 Å². The van der Waals surface area contributed by atoms with Crippen LogP contribution >= 0.6 is 0 Å². The molecule has 2 N–H and O–H groups in total. The summed E-state index contributed by atoms with van der Waals surface area (Å²) in [7, 11) is 0. The summed E-state index contributed by atoms with van der Waals surface area (Å²) >= 11 is 0. The summed E-state index contributed by atoms with van der Waals surface area (Å²) in [5.74, 6) is 0.571. The van der Waals surface area contributed by atoms with E-state index in [1.165, 1.54) is 0 Å². The molecule has 7 nitrogen and oxygen atoms in total. The van der Waals surface area contributed by atoms with Crippen molar-refractivity contribution in [1.82, 2.24) is 9.97 Å². The van der Waals surface area contributed by atoms with Crippen molar-refractivity contribution < 1.29 is 14.0 Å². The average Bonchev–Trinajstić information content (AvgIpc) is 3.40. The van der Waals surface area contributed by atoms with Gasteiger partial charge in [-0.3, -0.25) is 9.59 Å². The third-order valence-electron chi connectivity index (χ3n) is 5.68. The molecule has 0 saturated carbocycles. The number of aryl methyl sites for hydroxylation is 1. The lowest BCUT2D eigenvalue weighted by molar-refractivity contribution is -0.116. The van der Waals surface area contributed by atoms with Gasteiger partial charge in [0.1, 0.15) is 5.82 Å². The smallest absolute Gasteiger partial charge is 0.279 e. The third kappa shape index (κ3) is 5.97. The Balaban J connectivity index is 1.36. The summed E-state index contributed by atoms with van der Waals surface area (Å²) in [4.78, 5) is 34.2. The molecule has 182 valence electrons. The van der Waals surface area contributed by atoms with Crippen molar-refractivity contribution in [2.75, 3.05) is 10.6 Å². The van der Waals surface area contributed by atoms with Gasteiger partial charge < -0.3 is 15.1 Å². The Labute approximate surface area is 214 Å². The van der Waals surface area contributed by atoms with Crippen molar-refractivity contribution in [2.24, 2.45) is 0 Å². The quantitative estimate of drug-likeness (QED) is 0.270. The zero-order valence-electron chi connectivity index (χ0n) is 19.9. The summed E-state index contributed by atoms with van der Waals surface area (Å²) in [5, 5.41) is 5.69. The molecule has 2 heterocycles. The molecule has 0 unspecified atom stereocenters. The van der Waals surface area contributed by atoms with Crippen LogP contribution in [-0.4, -0.2) is 21.8 Å². The summed E-state index contributed by atoms with van der Waals surface area (Å²) < 4.78 is 6.07. The first kappa shape index (κ1) is 23.7. The lowest BCUT2D eigenvalue weighted by Gasteiger charge is -2.07. The fourth-order valence-corrected chi connectivity index (χ4v) is 3.82. The van der Waals surface area contributed by atoms with Crippen LogP contribution in [0.2, 0.25) is 0 Å². The van der Waals surface area contributed by atoms with Crippen LogP contribution in [0.5, 0.6) is 0 Å². The second kappa shape index (κ2) is 11.1. The normalized spacial score (nSPS) is 10.6. The highest BCUT2D eigenvalue weighted by Gasteiger charge is 2.23. The van der Waals surface area contributed by atoms with E-state index in [-0.39, 0.29) is 11.6 Å². The maximum absolute atomic E-state index is 13.1. The molecule has 3 aromatic carbocycles. The van der Waals surface area contributed by atoms with Gasteiger partial charge in [0.05, 0.1) is 0 Å². The predicted molar refractivity (Wildman–Crippen MR) is 143 cm³/mol. The third-order valence-corrected chi connectivity index (χ3v) is 5.68. The Morgan fingerprint density at radius 2 is 1.43 bits per heavy atom. The lowest BCUT2D eigenvalue weighted by atomic mass is 10.1.